The van der Waals surface area contributed by atoms with Crippen LogP contribution in [-0.4, -0.2) is 11.6 Å². The Hall–Kier alpha value is -0.660. The highest BCUT2D eigenvalue weighted by Gasteiger charge is 2.21. The second kappa shape index (κ2) is 10.2. The molecule has 0 aliphatic heterocycles. The van der Waals surface area contributed by atoms with Crippen LogP contribution in [0.4, 0.5) is 0 Å². The number of carbonyl (C=O) groups is 2. The smallest absolute Gasteiger partial charge is 0.135 e. The third-order valence-electron chi connectivity index (χ3n) is 5.72. The van der Waals surface area contributed by atoms with Crippen LogP contribution in [0.25, 0.3) is 0 Å². The first-order valence-electron chi connectivity index (χ1n) is 9.83. The predicted molar refractivity (Wildman–Crippen MR) is 90.9 cm³/mol. The Kier molecular flexibility index (Phi) is 8.18. The minimum absolute atomic E-state index is 0.377. The van der Waals surface area contributed by atoms with Gasteiger partial charge in [-0.2, -0.15) is 0 Å². The van der Waals surface area contributed by atoms with Gasteiger partial charge < -0.3 is 0 Å². The average Bonchev–Trinajstić information content (AvgIpc) is 2.59. The predicted octanol–water partition coefficient (Wildman–Crippen LogP) is 5.63. The Bertz CT molecular complexity index is 302. The van der Waals surface area contributed by atoms with Gasteiger partial charge in [0.05, 0.1) is 0 Å². The van der Waals surface area contributed by atoms with Crippen molar-refractivity contribution in [2.24, 2.45) is 11.8 Å². The maximum atomic E-state index is 12.1. The summed E-state index contributed by atoms with van der Waals surface area (Å²) in [7, 11) is 0. The van der Waals surface area contributed by atoms with Crippen LogP contribution >= 0.6 is 0 Å². The molecule has 0 amide bonds. The Labute approximate surface area is 136 Å². The molecule has 2 aliphatic rings. The number of hydrogen-bond donors (Lipinski definition) is 0. The van der Waals surface area contributed by atoms with Crippen LogP contribution in [0.15, 0.2) is 0 Å². The molecule has 0 aromatic heterocycles. The van der Waals surface area contributed by atoms with Gasteiger partial charge in [-0.15, -0.1) is 0 Å². The molecule has 2 aliphatic carbocycles. The first-order valence-corrected chi connectivity index (χ1v) is 9.83. The highest BCUT2D eigenvalue weighted by Crippen LogP contribution is 2.27. The number of rotatable bonds is 9. The van der Waals surface area contributed by atoms with Crippen molar-refractivity contribution in [3.05, 3.63) is 0 Å². The van der Waals surface area contributed by atoms with Crippen molar-refractivity contribution in [3.8, 4) is 0 Å². The zero-order valence-corrected chi connectivity index (χ0v) is 14.3. The van der Waals surface area contributed by atoms with E-state index < -0.39 is 0 Å². The largest absolute Gasteiger partial charge is 0.299 e. The molecule has 0 saturated heterocycles. The zero-order chi connectivity index (χ0) is 15.6. The van der Waals surface area contributed by atoms with Crippen molar-refractivity contribution in [1.82, 2.24) is 0 Å². The first kappa shape index (κ1) is 17.7. The van der Waals surface area contributed by atoms with Crippen LogP contribution in [0.5, 0.6) is 0 Å². The fourth-order valence-electron chi connectivity index (χ4n) is 4.21. The molecule has 2 heteroatoms. The number of Topliss-reactive ketones (excluding diaryl/α,β-unsaturated/α-hetero) is 2. The molecular weight excluding hydrogens is 272 g/mol. The number of hydrogen-bond acceptors (Lipinski definition) is 2. The van der Waals surface area contributed by atoms with Crippen molar-refractivity contribution in [2.75, 3.05) is 0 Å². The average molecular weight is 306 g/mol. The van der Waals surface area contributed by atoms with Crippen LogP contribution in [0, 0.1) is 11.8 Å². The van der Waals surface area contributed by atoms with Gasteiger partial charge in [-0.25, -0.2) is 0 Å². The summed E-state index contributed by atoms with van der Waals surface area (Å²) < 4.78 is 0. The second-order valence-corrected chi connectivity index (χ2v) is 7.52. The molecular formula is C20H34O2. The summed E-state index contributed by atoms with van der Waals surface area (Å²) in [4.78, 5) is 24.2. The van der Waals surface area contributed by atoms with Crippen molar-refractivity contribution in [2.45, 2.75) is 103 Å². The molecule has 0 N–H and O–H groups in total. The summed E-state index contributed by atoms with van der Waals surface area (Å²) in [6.07, 6.45) is 18.0. The molecule has 0 aromatic rings. The van der Waals surface area contributed by atoms with Gasteiger partial charge in [0.25, 0.3) is 0 Å². The van der Waals surface area contributed by atoms with Gasteiger partial charge in [0, 0.05) is 24.7 Å². The number of carbonyl (C=O) groups excluding carboxylic acids is 2. The molecule has 0 unspecified atom stereocenters. The molecule has 0 bridgehead atoms. The van der Waals surface area contributed by atoms with E-state index in [2.05, 4.69) is 0 Å². The molecule has 0 aromatic carbocycles. The van der Waals surface area contributed by atoms with E-state index in [9.17, 15) is 9.59 Å². The Morgan fingerprint density at radius 2 is 0.909 bits per heavy atom. The minimum atomic E-state index is 0.377. The highest BCUT2D eigenvalue weighted by atomic mass is 16.1. The van der Waals surface area contributed by atoms with E-state index in [0.717, 1.165) is 64.2 Å². The van der Waals surface area contributed by atoms with E-state index in [1.165, 1.54) is 38.5 Å². The van der Waals surface area contributed by atoms with Crippen LogP contribution in [0.1, 0.15) is 103 Å². The topological polar surface area (TPSA) is 34.1 Å². The molecule has 0 radical (unpaired) electrons. The fraction of sp³-hybridized carbons (Fsp3) is 0.900. The third-order valence-corrected chi connectivity index (χ3v) is 5.72. The fourth-order valence-corrected chi connectivity index (χ4v) is 4.21. The lowest BCUT2D eigenvalue weighted by Crippen LogP contribution is -2.17. The maximum Gasteiger partial charge on any atom is 0.135 e. The quantitative estimate of drug-likeness (QED) is 0.518. The van der Waals surface area contributed by atoms with Crippen LogP contribution < -0.4 is 0 Å². The minimum Gasteiger partial charge on any atom is -0.299 e. The van der Waals surface area contributed by atoms with Crippen molar-refractivity contribution < 1.29 is 9.59 Å². The van der Waals surface area contributed by atoms with Crippen LogP contribution in [0.2, 0.25) is 0 Å². The molecule has 22 heavy (non-hydrogen) atoms. The summed E-state index contributed by atoms with van der Waals surface area (Å²) in [6.45, 7) is 0. The van der Waals surface area contributed by atoms with Crippen molar-refractivity contribution >= 4 is 11.6 Å². The Morgan fingerprint density at radius 3 is 1.27 bits per heavy atom. The SMILES string of the molecule is O=C(CCCCCCC(=O)C1CCCCC1)C1CCCCC1. The summed E-state index contributed by atoms with van der Waals surface area (Å²) in [5.74, 6) is 1.78. The molecule has 2 nitrogen and oxygen atoms in total. The van der Waals surface area contributed by atoms with Crippen LogP contribution in [-0.2, 0) is 9.59 Å². The van der Waals surface area contributed by atoms with Gasteiger partial charge in [0.15, 0.2) is 0 Å². The monoisotopic (exact) mass is 306 g/mol. The van der Waals surface area contributed by atoms with Crippen molar-refractivity contribution in [3.63, 3.8) is 0 Å². The molecule has 0 spiro atoms. The molecule has 2 fully saturated rings. The summed E-state index contributed by atoms with van der Waals surface area (Å²) >= 11 is 0. The first-order chi connectivity index (χ1) is 10.8. The van der Waals surface area contributed by atoms with Gasteiger partial charge in [0.2, 0.25) is 0 Å². The van der Waals surface area contributed by atoms with Crippen molar-refractivity contribution in [1.29, 1.82) is 0 Å². The number of unbranched alkanes of at least 4 members (excludes halogenated alkanes) is 3. The van der Waals surface area contributed by atoms with Gasteiger partial charge in [-0.05, 0) is 38.5 Å². The molecule has 2 saturated carbocycles. The van der Waals surface area contributed by atoms with E-state index >= 15 is 0 Å². The van der Waals surface area contributed by atoms with E-state index in [-0.39, 0.29) is 0 Å². The molecule has 0 atom stereocenters. The third kappa shape index (κ3) is 6.22. The lowest BCUT2D eigenvalue weighted by Gasteiger charge is -2.20. The van der Waals surface area contributed by atoms with Gasteiger partial charge in [0.1, 0.15) is 11.6 Å². The van der Waals surface area contributed by atoms with Crippen LogP contribution in [0.3, 0.4) is 0 Å². The summed E-state index contributed by atoms with van der Waals surface area (Å²) in [5.41, 5.74) is 0. The normalized spacial score (nSPS) is 20.9. The lowest BCUT2D eigenvalue weighted by atomic mass is 9.84. The highest BCUT2D eigenvalue weighted by molar-refractivity contribution is 5.81. The molecule has 2 rings (SSSR count). The van der Waals surface area contributed by atoms with E-state index in [1.807, 2.05) is 0 Å². The Morgan fingerprint density at radius 1 is 0.545 bits per heavy atom. The van der Waals surface area contributed by atoms with E-state index in [1.54, 1.807) is 0 Å². The van der Waals surface area contributed by atoms with E-state index in [0.29, 0.717) is 23.4 Å². The van der Waals surface area contributed by atoms with E-state index in [4.69, 9.17) is 0 Å². The maximum absolute atomic E-state index is 12.1. The van der Waals surface area contributed by atoms with Gasteiger partial charge >= 0.3 is 0 Å². The molecule has 126 valence electrons. The summed E-state index contributed by atoms with van der Waals surface area (Å²) in [5, 5.41) is 0. The van der Waals surface area contributed by atoms with Gasteiger partial charge in [-0.1, -0.05) is 51.4 Å². The molecule has 0 heterocycles. The zero-order valence-electron chi connectivity index (χ0n) is 14.3. The Balaban J connectivity index is 1.46. The number of ketones is 2. The standard InChI is InChI=1S/C20H34O2/c21-19(17-11-5-3-6-12-17)15-9-1-2-10-16-20(22)18-13-7-4-8-14-18/h17-18H,1-16H2. The summed E-state index contributed by atoms with van der Waals surface area (Å²) in [6, 6.07) is 0. The second-order valence-electron chi connectivity index (χ2n) is 7.52. The lowest BCUT2D eigenvalue weighted by molar-refractivity contribution is -0.124. The van der Waals surface area contributed by atoms with Gasteiger partial charge in [-0.3, -0.25) is 9.59 Å².